The lowest BCUT2D eigenvalue weighted by atomic mass is 9.82. The Kier molecular flexibility index (Phi) is 4.26. The third-order valence-electron chi connectivity index (χ3n) is 2.98. The summed E-state index contributed by atoms with van der Waals surface area (Å²) in [6.45, 7) is 2.06. The van der Waals surface area contributed by atoms with Crippen LogP contribution >= 0.6 is 0 Å². The van der Waals surface area contributed by atoms with Crippen LogP contribution in [-0.4, -0.2) is 11.1 Å². The van der Waals surface area contributed by atoms with Crippen molar-refractivity contribution in [2.45, 2.75) is 51.9 Å². The Balaban J connectivity index is 2.18. The topological polar surface area (TPSA) is 37.3 Å². The van der Waals surface area contributed by atoms with Crippen LogP contribution < -0.4 is 0 Å². The van der Waals surface area contributed by atoms with E-state index in [2.05, 4.69) is 6.92 Å². The van der Waals surface area contributed by atoms with E-state index in [-0.39, 0.29) is 0 Å². The molecule has 1 fully saturated rings. The second kappa shape index (κ2) is 5.25. The Labute approximate surface area is 80.3 Å². The summed E-state index contributed by atoms with van der Waals surface area (Å²) >= 11 is 0. The van der Waals surface area contributed by atoms with Crippen LogP contribution in [0, 0.1) is 11.8 Å². The highest BCUT2D eigenvalue weighted by molar-refractivity contribution is 5.66. The second-order valence-electron chi connectivity index (χ2n) is 4.44. The molecule has 1 aliphatic carbocycles. The highest BCUT2D eigenvalue weighted by atomic mass is 16.4. The first kappa shape index (κ1) is 10.6. The number of carboxylic acids is 1. The van der Waals surface area contributed by atoms with Gasteiger partial charge in [0.25, 0.3) is 0 Å². The summed E-state index contributed by atoms with van der Waals surface area (Å²) in [6, 6.07) is 0. The van der Waals surface area contributed by atoms with Gasteiger partial charge in [0.15, 0.2) is 0 Å². The third kappa shape index (κ3) is 4.30. The van der Waals surface area contributed by atoms with E-state index in [9.17, 15) is 4.79 Å². The summed E-state index contributed by atoms with van der Waals surface area (Å²) in [5.74, 6) is 0.520. The minimum atomic E-state index is -0.650. The Morgan fingerprint density at radius 2 is 2.00 bits per heavy atom. The van der Waals surface area contributed by atoms with Crippen molar-refractivity contribution in [3.05, 3.63) is 0 Å². The molecule has 0 heterocycles. The summed E-state index contributed by atoms with van der Waals surface area (Å²) in [6.07, 6.45) is 8.19. The quantitative estimate of drug-likeness (QED) is 0.729. The Morgan fingerprint density at radius 3 is 2.54 bits per heavy atom. The minimum Gasteiger partial charge on any atom is -0.481 e. The number of aliphatic carboxylic acids is 1. The molecule has 0 bridgehead atoms. The van der Waals surface area contributed by atoms with Crippen LogP contribution in [0.1, 0.15) is 51.9 Å². The van der Waals surface area contributed by atoms with E-state index < -0.39 is 5.97 Å². The molecule has 0 unspecified atom stereocenters. The van der Waals surface area contributed by atoms with E-state index in [1.54, 1.807) is 0 Å². The Morgan fingerprint density at radius 1 is 1.38 bits per heavy atom. The average Bonchev–Trinajstić information content (AvgIpc) is 2.04. The Hall–Kier alpha value is -0.530. The lowest BCUT2D eigenvalue weighted by Crippen LogP contribution is -2.13. The summed E-state index contributed by atoms with van der Waals surface area (Å²) in [7, 11) is 0. The Bertz CT molecular complexity index is 159. The summed E-state index contributed by atoms with van der Waals surface area (Å²) < 4.78 is 0. The van der Waals surface area contributed by atoms with Crippen LogP contribution in [0.4, 0.5) is 0 Å². The first-order valence-corrected chi connectivity index (χ1v) is 5.40. The molecular formula is C11H20O2. The number of hydrogen-bond acceptors (Lipinski definition) is 1. The molecule has 2 heteroatoms. The van der Waals surface area contributed by atoms with Gasteiger partial charge < -0.3 is 5.11 Å². The number of carbonyl (C=O) groups is 1. The van der Waals surface area contributed by atoms with E-state index in [0.717, 1.165) is 12.3 Å². The molecule has 1 N–H and O–H groups in total. The van der Waals surface area contributed by atoms with Crippen LogP contribution in [0.5, 0.6) is 0 Å². The van der Waals surface area contributed by atoms with E-state index in [1.807, 2.05) is 0 Å². The van der Waals surface area contributed by atoms with Crippen LogP contribution in [0.2, 0.25) is 0 Å². The van der Waals surface area contributed by atoms with Crippen LogP contribution in [-0.2, 0) is 4.79 Å². The molecule has 0 aromatic rings. The van der Waals surface area contributed by atoms with Gasteiger partial charge in [-0.1, -0.05) is 39.0 Å². The molecule has 1 atom stereocenters. The van der Waals surface area contributed by atoms with Gasteiger partial charge in [0.05, 0.1) is 0 Å². The van der Waals surface area contributed by atoms with Crippen molar-refractivity contribution < 1.29 is 9.90 Å². The molecule has 0 spiro atoms. The van der Waals surface area contributed by atoms with Gasteiger partial charge >= 0.3 is 5.97 Å². The van der Waals surface area contributed by atoms with Gasteiger partial charge in [-0.05, 0) is 18.3 Å². The predicted molar refractivity (Wildman–Crippen MR) is 52.6 cm³/mol. The van der Waals surface area contributed by atoms with Gasteiger partial charge in [-0.25, -0.2) is 0 Å². The molecule has 1 aliphatic rings. The minimum absolute atomic E-state index is 0.344. The molecule has 0 aromatic heterocycles. The molecule has 2 nitrogen and oxygen atoms in total. The van der Waals surface area contributed by atoms with Gasteiger partial charge in [-0.15, -0.1) is 0 Å². The molecule has 0 saturated heterocycles. The van der Waals surface area contributed by atoms with E-state index in [1.165, 1.54) is 32.1 Å². The van der Waals surface area contributed by atoms with Gasteiger partial charge in [-0.3, -0.25) is 4.79 Å². The monoisotopic (exact) mass is 184 g/mol. The molecule has 0 aliphatic heterocycles. The number of rotatable bonds is 4. The van der Waals surface area contributed by atoms with Crippen molar-refractivity contribution in [2.75, 3.05) is 0 Å². The molecule has 1 rings (SSSR count). The molecule has 0 radical (unpaired) electrons. The van der Waals surface area contributed by atoms with Crippen molar-refractivity contribution in [1.29, 1.82) is 0 Å². The summed E-state index contributed by atoms with van der Waals surface area (Å²) in [5, 5.41) is 8.61. The van der Waals surface area contributed by atoms with Crippen molar-refractivity contribution in [3.8, 4) is 0 Å². The van der Waals surface area contributed by atoms with Gasteiger partial charge in [0.1, 0.15) is 0 Å². The zero-order valence-electron chi connectivity index (χ0n) is 8.46. The lowest BCUT2D eigenvalue weighted by Gasteiger charge is -2.23. The molecule has 13 heavy (non-hydrogen) atoms. The molecular weight excluding hydrogens is 164 g/mol. The fourth-order valence-electron chi connectivity index (χ4n) is 2.37. The first-order chi connectivity index (χ1) is 6.18. The molecule has 0 aromatic carbocycles. The lowest BCUT2D eigenvalue weighted by molar-refractivity contribution is -0.138. The van der Waals surface area contributed by atoms with Crippen molar-refractivity contribution in [3.63, 3.8) is 0 Å². The van der Waals surface area contributed by atoms with Crippen LogP contribution in [0.25, 0.3) is 0 Å². The number of hydrogen-bond donors (Lipinski definition) is 1. The number of carboxylic acid groups (broad SMARTS) is 1. The fourth-order valence-corrected chi connectivity index (χ4v) is 2.37. The first-order valence-electron chi connectivity index (χ1n) is 5.40. The molecule has 0 amide bonds. The SMILES string of the molecule is C[C@@H](CC(=O)O)CC1CCCCC1. The standard InChI is InChI=1S/C11H20O2/c1-9(8-11(12)13)7-10-5-3-2-4-6-10/h9-10H,2-8H2,1H3,(H,12,13)/t9-/m1/s1. The van der Waals surface area contributed by atoms with E-state index >= 15 is 0 Å². The maximum absolute atomic E-state index is 10.5. The average molecular weight is 184 g/mol. The van der Waals surface area contributed by atoms with E-state index in [0.29, 0.717) is 12.3 Å². The van der Waals surface area contributed by atoms with Crippen LogP contribution in [0.3, 0.4) is 0 Å². The van der Waals surface area contributed by atoms with Gasteiger partial charge in [-0.2, -0.15) is 0 Å². The normalized spacial score (nSPS) is 21.3. The third-order valence-corrected chi connectivity index (χ3v) is 2.98. The van der Waals surface area contributed by atoms with Gasteiger partial charge in [0, 0.05) is 6.42 Å². The zero-order chi connectivity index (χ0) is 9.68. The predicted octanol–water partition coefficient (Wildman–Crippen LogP) is 3.07. The molecule has 1 saturated carbocycles. The zero-order valence-corrected chi connectivity index (χ0v) is 8.46. The van der Waals surface area contributed by atoms with Crippen molar-refractivity contribution >= 4 is 5.97 Å². The maximum Gasteiger partial charge on any atom is 0.303 e. The second-order valence-corrected chi connectivity index (χ2v) is 4.44. The van der Waals surface area contributed by atoms with Crippen molar-refractivity contribution in [2.24, 2.45) is 11.8 Å². The summed E-state index contributed by atoms with van der Waals surface area (Å²) in [5.41, 5.74) is 0. The highest BCUT2D eigenvalue weighted by Crippen LogP contribution is 2.29. The van der Waals surface area contributed by atoms with Gasteiger partial charge in [0.2, 0.25) is 0 Å². The summed E-state index contributed by atoms with van der Waals surface area (Å²) in [4.78, 5) is 10.5. The molecule has 76 valence electrons. The largest absolute Gasteiger partial charge is 0.481 e. The fraction of sp³-hybridized carbons (Fsp3) is 0.909. The van der Waals surface area contributed by atoms with E-state index in [4.69, 9.17) is 5.11 Å². The maximum atomic E-state index is 10.5. The highest BCUT2D eigenvalue weighted by Gasteiger charge is 2.17. The smallest absolute Gasteiger partial charge is 0.303 e. The van der Waals surface area contributed by atoms with Crippen molar-refractivity contribution in [1.82, 2.24) is 0 Å². The van der Waals surface area contributed by atoms with Crippen LogP contribution in [0.15, 0.2) is 0 Å².